The largest absolute Gasteiger partial charge is 0.490 e. The lowest BCUT2D eigenvalue weighted by molar-refractivity contribution is 0.179. The molecule has 0 saturated heterocycles. The van der Waals surface area contributed by atoms with Crippen LogP contribution in [0, 0.1) is 0 Å². The van der Waals surface area contributed by atoms with E-state index in [9.17, 15) is 0 Å². The highest BCUT2D eigenvalue weighted by atomic mass is 16.5. The van der Waals surface area contributed by atoms with Crippen LogP contribution in [0.25, 0.3) is 0 Å². The second-order valence-corrected chi connectivity index (χ2v) is 5.26. The second-order valence-electron chi connectivity index (χ2n) is 5.26. The Balaban J connectivity index is 1.91. The summed E-state index contributed by atoms with van der Waals surface area (Å²) >= 11 is 0. The molecule has 1 unspecified atom stereocenters. The summed E-state index contributed by atoms with van der Waals surface area (Å²) in [5.41, 5.74) is 1.12. The molecule has 1 aromatic carbocycles. The molecular weight excluding hydrogens is 282 g/mol. The maximum absolute atomic E-state index is 5.70. The number of benzene rings is 1. The summed E-state index contributed by atoms with van der Waals surface area (Å²) < 4.78 is 16.4. The van der Waals surface area contributed by atoms with Gasteiger partial charge in [0.2, 0.25) is 0 Å². The minimum Gasteiger partial charge on any atom is -0.490 e. The molecule has 22 heavy (non-hydrogen) atoms. The molecule has 1 aliphatic heterocycles. The van der Waals surface area contributed by atoms with Crippen LogP contribution in [0.3, 0.4) is 0 Å². The molecule has 0 amide bonds. The Kier molecular flexibility index (Phi) is 6.33. The van der Waals surface area contributed by atoms with Crippen molar-refractivity contribution in [1.29, 1.82) is 0 Å². The zero-order valence-corrected chi connectivity index (χ0v) is 13.5. The standard InChI is InChI=1S/C16H25N3O3/c1-12(11-20-3)19-16(17-2)18-10-13-5-6-14-15(9-13)22-8-4-7-21-14/h5-6,9,12H,4,7-8,10-11H2,1-3H3,(H2,17,18,19). The van der Waals surface area contributed by atoms with E-state index >= 15 is 0 Å². The first kappa shape index (κ1) is 16.4. The van der Waals surface area contributed by atoms with Crippen LogP contribution in [0.4, 0.5) is 0 Å². The van der Waals surface area contributed by atoms with Gasteiger partial charge in [0.1, 0.15) is 0 Å². The lowest BCUT2D eigenvalue weighted by Crippen LogP contribution is -2.43. The van der Waals surface area contributed by atoms with Gasteiger partial charge < -0.3 is 24.8 Å². The fourth-order valence-corrected chi connectivity index (χ4v) is 2.22. The summed E-state index contributed by atoms with van der Waals surface area (Å²) in [5.74, 6) is 2.38. The first-order chi connectivity index (χ1) is 10.7. The molecule has 122 valence electrons. The molecule has 0 fully saturated rings. The molecule has 6 heteroatoms. The van der Waals surface area contributed by atoms with Crippen LogP contribution in [0.5, 0.6) is 11.5 Å². The summed E-state index contributed by atoms with van der Waals surface area (Å²) in [6, 6.07) is 6.20. The number of hydrogen-bond acceptors (Lipinski definition) is 4. The van der Waals surface area contributed by atoms with E-state index in [4.69, 9.17) is 14.2 Å². The molecule has 0 bridgehead atoms. The van der Waals surface area contributed by atoms with E-state index in [-0.39, 0.29) is 6.04 Å². The minimum atomic E-state index is 0.194. The number of aliphatic imine (C=N–C) groups is 1. The lowest BCUT2D eigenvalue weighted by Gasteiger charge is -2.17. The Morgan fingerprint density at radius 2 is 2.09 bits per heavy atom. The molecular formula is C16H25N3O3. The van der Waals surface area contributed by atoms with E-state index in [0.717, 1.165) is 29.4 Å². The summed E-state index contributed by atoms with van der Waals surface area (Å²) in [6.07, 6.45) is 0.913. The second kappa shape index (κ2) is 8.48. The average molecular weight is 307 g/mol. The highest BCUT2D eigenvalue weighted by molar-refractivity contribution is 5.79. The topological polar surface area (TPSA) is 64.1 Å². The number of fused-ring (bicyclic) bond motifs is 1. The maximum Gasteiger partial charge on any atom is 0.191 e. The van der Waals surface area contributed by atoms with Gasteiger partial charge in [0.25, 0.3) is 0 Å². The molecule has 0 aliphatic carbocycles. The molecule has 6 nitrogen and oxygen atoms in total. The van der Waals surface area contributed by atoms with Gasteiger partial charge in [-0.15, -0.1) is 0 Å². The molecule has 2 N–H and O–H groups in total. The van der Waals surface area contributed by atoms with Gasteiger partial charge in [-0.25, -0.2) is 0 Å². The van der Waals surface area contributed by atoms with Crippen molar-refractivity contribution in [2.45, 2.75) is 25.9 Å². The Morgan fingerprint density at radius 3 is 2.82 bits per heavy atom. The number of hydrogen-bond donors (Lipinski definition) is 2. The van der Waals surface area contributed by atoms with Crippen LogP contribution in [0.2, 0.25) is 0 Å². The third-order valence-corrected chi connectivity index (χ3v) is 3.30. The zero-order chi connectivity index (χ0) is 15.8. The quantitative estimate of drug-likeness (QED) is 0.638. The van der Waals surface area contributed by atoms with Crippen LogP contribution < -0.4 is 20.1 Å². The summed E-state index contributed by atoms with van der Waals surface area (Å²) in [5, 5.41) is 6.55. The third kappa shape index (κ3) is 4.80. The van der Waals surface area contributed by atoms with Gasteiger partial charge in [0, 0.05) is 33.2 Å². The Bertz CT molecular complexity index is 505. The van der Waals surface area contributed by atoms with Gasteiger partial charge in [0.15, 0.2) is 17.5 Å². The number of methoxy groups -OCH3 is 1. The first-order valence-electron chi connectivity index (χ1n) is 7.57. The van der Waals surface area contributed by atoms with Gasteiger partial charge in [-0.3, -0.25) is 4.99 Å². The molecule has 1 atom stereocenters. The van der Waals surface area contributed by atoms with Gasteiger partial charge >= 0.3 is 0 Å². The third-order valence-electron chi connectivity index (χ3n) is 3.30. The molecule has 2 rings (SSSR count). The molecule has 1 heterocycles. The van der Waals surface area contributed by atoms with Crippen LogP contribution in [0.1, 0.15) is 18.9 Å². The molecule has 0 saturated carbocycles. The van der Waals surface area contributed by atoms with Crippen molar-refractivity contribution in [3.05, 3.63) is 23.8 Å². The molecule has 1 aliphatic rings. The Hall–Kier alpha value is -1.95. The monoisotopic (exact) mass is 307 g/mol. The average Bonchev–Trinajstić information content (AvgIpc) is 2.76. The van der Waals surface area contributed by atoms with Gasteiger partial charge in [-0.05, 0) is 24.6 Å². The SMILES string of the molecule is CN=C(NCc1ccc2c(c1)OCCCO2)NC(C)COC. The molecule has 0 radical (unpaired) electrons. The van der Waals surface area contributed by atoms with E-state index in [1.165, 1.54) is 0 Å². The molecule has 0 aromatic heterocycles. The zero-order valence-electron chi connectivity index (χ0n) is 13.5. The fourth-order valence-electron chi connectivity index (χ4n) is 2.22. The fraction of sp³-hybridized carbons (Fsp3) is 0.562. The normalized spacial score (nSPS) is 15.9. The number of nitrogens with zero attached hydrogens (tertiary/aromatic N) is 1. The van der Waals surface area contributed by atoms with Crippen molar-refractivity contribution >= 4 is 5.96 Å². The van der Waals surface area contributed by atoms with Crippen molar-refractivity contribution in [1.82, 2.24) is 10.6 Å². The summed E-state index contributed by atoms with van der Waals surface area (Å²) in [4.78, 5) is 4.21. The lowest BCUT2D eigenvalue weighted by atomic mass is 10.2. The van der Waals surface area contributed by atoms with Crippen LogP contribution in [0.15, 0.2) is 23.2 Å². The van der Waals surface area contributed by atoms with Crippen LogP contribution in [-0.4, -0.2) is 46.0 Å². The molecule has 1 aromatic rings. The van der Waals surface area contributed by atoms with Crippen LogP contribution in [-0.2, 0) is 11.3 Å². The number of ether oxygens (including phenoxy) is 3. The minimum absolute atomic E-state index is 0.194. The van der Waals surface area contributed by atoms with Gasteiger partial charge in [0.05, 0.1) is 19.8 Å². The van der Waals surface area contributed by atoms with Crippen molar-refractivity contribution in [2.75, 3.05) is 34.0 Å². The number of rotatable bonds is 5. The predicted octanol–water partition coefficient (Wildman–Crippen LogP) is 1.55. The predicted molar refractivity (Wildman–Crippen MR) is 86.7 cm³/mol. The van der Waals surface area contributed by atoms with E-state index in [1.807, 2.05) is 25.1 Å². The van der Waals surface area contributed by atoms with Crippen molar-refractivity contribution in [3.63, 3.8) is 0 Å². The number of nitrogens with one attached hydrogen (secondary N) is 2. The van der Waals surface area contributed by atoms with Gasteiger partial charge in [-0.2, -0.15) is 0 Å². The van der Waals surface area contributed by atoms with Gasteiger partial charge in [-0.1, -0.05) is 6.07 Å². The summed E-state index contributed by atoms with van der Waals surface area (Å²) in [7, 11) is 3.44. The maximum atomic E-state index is 5.70. The van der Waals surface area contributed by atoms with E-state index in [2.05, 4.69) is 15.6 Å². The van der Waals surface area contributed by atoms with Crippen LogP contribution >= 0.6 is 0 Å². The smallest absolute Gasteiger partial charge is 0.191 e. The van der Waals surface area contributed by atoms with E-state index < -0.39 is 0 Å². The van der Waals surface area contributed by atoms with Crippen molar-refractivity contribution < 1.29 is 14.2 Å². The number of guanidine groups is 1. The van der Waals surface area contributed by atoms with E-state index in [0.29, 0.717) is 26.4 Å². The van der Waals surface area contributed by atoms with Crippen molar-refractivity contribution in [3.8, 4) is 11.5 Å². The molecule has 0 spiro atoms. The van der Waals surface area contributed by atoms with E-state index in [1.54, 1.807) is 14.2 Å². The Morgan fingerprint density at radius 1 is 1.32 bits per heavy atom. The summed E-state index contributed by atoms with van der Waals surface area (Å²) in [6.45, 7) is 4.74. The highest BCUT2D eigenvalue weighted by Crippen LogP contribution is 2.30. The van der Waals surface area contributed by atoms with Crippen molar-refractivity contribution in [2.24, 2.45) is 4.99 Å². The Labute approximate surface area is 131 Å². The first-order valence-corrected chi connectivity index (χ1v) is 7.57. The highest BCUT2D eigenvalue weighted by Gasteiger charge is 2.11.